The first kappa shape index (κ1) is 13.8. The van der Waals surface area contributed by atoms with Gasteiger partial charge in [0, 0.05) is 11.4 Å². The quantitative estimate of drug-likeness (QED) is 0.590. The smallest absolute Gasteiger partial charge is 0.0706 e. The van der Waals surface area contributed by atoms with Crippen molar-refractivity contribution < 1.29 is 0 Å². The van der Waals surface area contributed by atoms with Crippen LogP contribution in [0.2, 0.25) is 0 Å². The molecule has 2 heteroatoms. The number of unbranched alkanes of at least 4 members (excludes halogenated alkanes) is 1. The maximum atomic E-state index is 4.78. The minimum atomic E-state index is 0.342. The molecule has 0 fully saturated rings. The van der Waals surface area contributed by atoms with Gasteiger partial charge in [-0.2, -0.15) is 0 Å². The Labute approximate surface area is 115 Å². The molecule has 0 saturated heterocycles. The van der Waals surface area contributed by atoms with E-state index >= 15 is 0 Å². The van der Waals surface area contributed by atoms with Crippen LogP contribution < -0.4 is 5.32 Å². The first-order valence-electron chi connectivity index (χ1n) is 7.05. The average molecular weight is 254 g/mol. The lowest BCUT2D eigenvalue weighted by Gasteiger charge is -2.17. The molecule has 1 aromatic heterocycles. The summed E-state index contributed by atoms with van der Waals surface area (Å²) < 4.78 is 0. The summed E-state index contributed by atoms with van der Waals surface area (Å²) in [5, 5.41) is 4.73. The summed E-state index contributed by atoms with van der Waals surface area (Å²) in [6.45, 7) is 6.89. The molecule has 1 aromatic carbocycles. The predicted molar refractivity (Wildman–Crippen MR) is 82.2 cm³/mol. The lowest BCUT2D eigenvalue weighted by molar-refractivity contribution is 0.491. The molecule has 0 bridgehead atoms. The van der Waals surface area contributed by atoms with E-state index in [0.717, 1.165) is 37.0 Å². The molecule has 1 unspecified atom stereocenters. The van der Waals surface area contributed by atoms with Gasteiger partial charge in [-0.15, -0.1) is 6.58 Å². The molecule has 0 aliphatic heterocycles. The fourth-order valence-electron chi connectivity index (χ4n) is 2.34. The molecular formula is C17H22N2. The van der Waals surface area contributed by atoms with Crippen LogP contribution in [0, 0.1) is 0 Å². The number of allylic oxidation sites excluding steroid dienone is 1. The zero-order chi connectivity index (χ0) is 13.5. The van der Waals surface area contributed by atoms with Crippen molar-refractivity contribution in [3.8, 4) is 0 Å². The molecule has 0 aliphatic carbocycles. The molecule has 0 aliphatic rings. The molecule has 2 rings (SSSR count). The topological polar surface area (TPSA) is 24.9 Å². The van der Waals surface area contributed by atoms with Crippen LogP contribution in [0.1, 0.15) is 37.9 Å². The molecule has 1 heterocycles. The number of benzene rings is 1. The monoisotopic (exact) mass is 254 g/mol. The summed E-state index contributed by atoms with van der Waals surface area (Å²) in [6.07, 6.45) is 5.30. The van der Waals surface area contributed by atoms with E-state index in [-0.39, 0.29) is 0 Å². The first-order valence-corrected chi connectivity index (χ1v) is 7.05. The van der Waals surface area contributed by atoms with E-state index < -0.39 is 0 Å². The lowest BCUT2D eigenvalue weighted by Crippen LogP contribution is -2.21. The summed E-state index contributed by atoms with van der Waals surface area (Å²) in [7, 11) is 0. The first-order chi connectivity index (χ1) is 9.35. The second-order valence-corrected chi connectivity index (χ2v) is 4.76. The third-order valence-corrected chi connectivity index (χ3v) is 3.33. The van der Waals surface area contributed by atoms with Gasteiger partial charge in [-0.25, -0.2) is 0 Å². The predicted octanol–water partition coefficient (Wildman–Crippen LogP) is 4.24. The number of aromatic nitrogens is 1. The van der Waals surface area contributed by atoms with Crippen LogP contribution in [0.4, 0.5) is 0 Å². The second-order valence-electron chi connectivity index (χ2n) is 4.76. The molecule has 2 aromatic rings. The zero-order valence-electron chi connectivity index (χ0n) is 11.6. The number of hydrogen-bond donors (Lipinski definition) is 1. The molecule has 0 amide bonds. The highest BCUT2D eigenvalue weighted by Gasteiger charge is 2.11. The van der Waals surface area contributed by atoms with E-state index in [1.165, 1.54) is 5.39 Å². The summed E-state index contributed by atoms with van der Waals surface area (Å²) in [5.74, 6) is 0. The van der Waals surface area contributed by atoms with Crippen molar-refractivity contribution in [1.29, 1.82) is 0 Å². The standard InChI is InChI=1S/C17H22N2/c1-3-5-6-11-16(18-4-2)17-13-12-14-9-7-8-10-15(14)19-17/h3,7-10,12-13,16,18H,1,4-6,11H2,2H3. The van der Waals surface area contributed by atoms with Gasteiger partial charge in [0.2, 0.25) is 0 Å². The molecule has 2 nitrogen and oxygen atoms in total. The van der Waals surface area contributed by atoms with E-state index in [0.29, 0.717) is 6.04 Å². The SMILES string of the molecule is C=CCCCC(NCC)c1ccc2ccccc2n1. The number of nitrogens with one attached hydrogen (secondary N) is 1. The van der Waals surface area contributed by atoms with Crippen LogP contribution >= 0.6 is 0 Å². The van der Waals surface area contributed by atoms with Crippen molar-refractivity contribution in [1.82, 2.24) is 10.3 Å². The third kappa shape index (κ3) is 3.65. The molecule has 0 radical (unpaired) electrons. The Kier molecular flexibility index (Phi) is 5.10. The van der Waals surface area contributed by atoms with Gasteiger partial charge in [-0.3, -0.25) is 4.98 Å². The summed E-state index contributed by atoms with van der Waals surface area (Å²) in [4.78, 5) is 4.78. The van der Waals surface area contributed by atoms with Gasteiger partial charge in [0.1, 0.15) is 0 Å². The van der Waals surface area contributed by atoms with Crippen molar-refractivity contribution in [3.05, 3.63) is 54.7 Å². The zero-order valence-corrected chi connectivity index (χ0v) is 11.6. The Morgan fingerprint density at radius 1 is 1.26 bits per heavy atom. The molecule has 0 saturated carbocycles. The number of rotatable bonds is 7. The van der Waals surface area contributed by atoms with Crippen LogP contribution in [0.15, 0.2) is 49.1 Å². The van der Waals surface area contributed by atoms with Crippen LogP contribution in [0.5, 0.6) is 0 Å². The number of para-hydroxylation sites is 1. The van der Waals surface area contributed by atoms with Crippen molar-refractivity contribution in [2.45, 2.75) is 32.2 Å². The van der Waals surface area contributed by atoms with Gasteiger partial charge >= 0.3 is 0 Å². The van der Waals surface area contributed by atoms with Gasteiger partial charge in [-0.1, -0.05) is 37.3 Å². The fraction of sp³-hybridized carbons (Fsp3) is 0.353. The van der Waals surface area contributed by atoms with Crippen LogP contribution in [0.25, 0.3) is 10.9 Å². The Hall–Kier alpha value is -1.67. The van der Waals surface area contributed by atoms with E-state index in [4.69, 9.17) is 4.98 Å². The van der Waals surface area contributed by atoms with E-state index in [1.54, 1.807) is 0 Å². The van der Waals surface area contributed by atoms with Crippen LogP contribution in [-0.4, -0.2) is 11.5 Å². The van der Waals surface area contributed by atoms with Crippen molar-refractivity contribution in [3.63, 3.8) is 0 Å². The van der Waals surface area contributed by atoms with E-state index in [1.807, 2.05) is 12.1 Å². The highest BCUT2D eigenvalue weighted by molar-refractivity contribution is 5.78. The summed E-state index contributed by atoms with van der Waals surface area (Å²) >= 11 is 0. The molecule has 100 valence electrons. The summed E-state index contributed by atoms with van der Waals surface area (Å²) in [5.41, 5.74) is 2.22. The van der Waals surface area contributed by atoms with Crippen molar-refractivity contribution in [2.75, 3.05) is 6.54 Å². The van der Waals surface area contributed by atoms with E-state index in [9.17, 15) is 0 Å². The number of nitrogens with zero attached hydrogens (tertiary/aromatic N) is 1. The maximum Gasteiger partial charge on any atom is 0.0706 e. The third-order valence-electron chi connectivity index (χ3n) is 3.33. The highest BCUT2D eigenvalue weighted by atomic mass is 14.9. The van der Waals surface area contributed by atoms with Crippen molar-refractivity contribution >= 4 is 10.9 Å². The Balaban J connectivity index is 2.19. The van der Waals surface area contributed by atoms with Crippen LogP contribution in [-0.2, 0) is 0 Å². The Bertz CT molecular complexity index is 534. The molecule has 19 heavy (non-hydrogen) atoms. The number of pyridine rings is 1. The number of hydrogen-bond acceptors (Lipinski definition) is 2. The van der Waals surface area contributed by atoms with Gasteiger partial charge in [0.15, 0.2) is 0 Å². The maximum absolute atomic E-state index is 4.78. The van der Waals surface area contributed by atoms with Crippen LogP contribution in [0.3, 0.4) is 0 Å². The lowest BCUT2D eigenvalue weighted by atomic mass is 10.0. The highest BCUT2D eigenvalue weighted by Crippen LogP contribution is 2.20. The van der Waals surface area contributed by atoms with Crippen molar-refractivity contribution in [2.24, 2.45) is 0 Å². The largest absolute Gasteiger partial charge is 0.309 e. The summed E-state index contributed by atoms with van der Waals surface area (Å²) in [6, 6.07) is 12.9. The fourth-order valence-corrected chi connectivity index (χ4v) is 2.34. The second kappa shape index (κ2) is 7.05. The molecule has 0 spiro atoms. The Morgan fingerprint density at radius 2 is 2.11 bits per heavy atom. The van der Waals surface area contributed by atoms with Gasteiger partial charge in [-0.05, 0) is 37.9 Å². The average Bonchev–Trinajstić information content (AvgIpc) is 2.46. The van der Waals surface area contributed by atoms with Gasteiger partial charge in [0.05, 0.1) is 11.2 Å². The van der Waals surface area contributed by atoms with Gasteiger partial charge < -0.3 is 5.32 Å². The molecule has 1 N–H and O–H groups in total. The van der Waals surface area contributed by atoms with E-state index in [2.05, 4.69) is 49.2 Å². The Morgan fingerprint density at radius 3 is 2.89 bits per heavy atom. The molecular weight excluding hydrogens is 232 g/mol. The number of fused-ring (bicyclic) bond motifs is 1. The van der Waals surface area contributed by atoms with Gasteiger partial charge in [0.25, 0.3) is 0 Å². The minimum Gasteiger partial charge on any atom is -0.309 e. The normalized spacial score (nSPS) is 12.5. The molecule has 1 atom stereocenters. The minimum absolute atomic E-state index is 0.342.